The summed E-state index contributed by atoms with van der Waals surface area (Å²) in [6.45, 7) is 7.18. The quantitative estimate of drug-likeness (QED) is 0.832. The molecule has 1 N–H and O–H groups in total. The van der Waals surface area contributed by atoms with Crippen LogP contribution in [0.1, 0.15) is 24.8 Å². The number of anilines is 1. The number of para-hydroxylation sites is 1. The van der Waals surface area contributed by atoms with Crippen molar-refractivity contribution in [3.05, 3.63) is 66.2 Å². The van der Waals surface area contributed by atoms with E-state index < -0.39 is 0 Å². The van der Waals surface area contributed by atoms with Crippen molar-refractivity contribution >= 4 is 11.6 Å². The summed E-state index contributed by atoms with van der Waals surface area (Å²) in [6, 6.07) is 20.9. The Hall–Kier alpha value is -2.33. The smallest absolute Gasteiger partial charge is 0.234 e. The second kappa shape index (κ2) is 9.39. The van der Waals surface area contributed by atoms with E-state index in [0.717, 1.165) is 32.6 Å². The lowest BCUT2D eigenvalue weighted by Crippen LogP contribution is -2.49. The number of amides is 1. The van der Waals surface area contributed by atoms with Crippen LogP contribution in [0.5, 0.6) is 0 Å². The van der Waals surface area contributed by atoms with Gasteiger partial charge in [-0.1, -0.05) is 55.5 Å². The minimum atomic E-state index is 0.132. The summed E-state index contributed by atoms with van der Waals surface area (Å²) in [5.41, 5.74) is 2.57. The Labute approximate surface area is 156 Å². The zero-order chi connectivity index (χ0) is 18.2. The number of nitrogens with one attached hydrogen (secondary N) is 1. The maximum absolute atomic E-state index is 12.3. The van der Waals surface area contributed by atoms with E-state index in [4.69, 9.17) is 0 Å². The van der Waals surface area contributed by atoms with Gasteiger partial charge in [-0.25, -0.2) is 0 Å². The highest BCUT2D eigenvalue weighted by Gasteiger charge is 2.19. The van der Waals surface area contributed by atoms with E-state index in [1.165, 1.54) is 11.3 Å². The molecule has 0 bridgehead atoms. The van der Waals surface area contributed by atoms with Crippen LogP contribution in [-0.2, 0) is 4.79 Å². The van der Waals surface area contributed by atoms with Crippen molar-refractivity contribution in [1.82, 2.24) is 10.2 Å². The van der Waals surface area contributed by atoms with Crippen LogP contribution >= 0.6 is 0 Å². The van der Waals surface area contributed by atoms with E-state index in [9.17, 15) is 4.79 Å². The molecule has 1 atom stereocenters. The molecule has 0 unspecified atom stereocenters. The number of hydrogen-bond donors (Lipinski definition) is 1. The third-order valence-corrected chi connectivity index (χ3v) is 5.17. The molecule has 0 aliphatic carbocycles. The van der Waals surface area contributed by atoms with Gasteiger partial charge in [0.15, 0.2) is 0 Å². The van der Waals surface area contributed by atoms with Crippen LogP contribution in [0.4, 0.5) is 5.69 Å². The molecule has 3 rings (SSSR count). The van der Waals surface area contributed by atoms with Crippen LogP contribution in [-0.4, -0.2) is 50.1 Å². The molecule has 4 nitrogen and oxygen atoms in total. The summed E-state index contributed by atoms with van der Waals surface area (Å²) in [5.74, 6) is 0.516. The lowest BCUT2D eigenvalue weighted by molar-refractivity contribution is -0.122. The SMILES string of the molecule is CC[C@@H](CNC(=O)CN1CCN(c2ccccc2)CC1)c1ccccc1. The van der Waals surface area contributed by atoms with Crippen molar-refractivity contribution in [2.24, 2.45) is 0 Å². The van der Waals surface area contributed by atoms with Gasteiger partial charge in [0, 0.05) is 44.3 Å². The van der Waals surface area contributed by atoms with Crippen molar-refractivity contribution in [2.45, 2.75) is 19.3 Å². The molecule has 138 valence electrons. The number of rotatable bonds is 7. The predicted molar refractivity (Wildman–Crippen MR) is 108 cm³/mol. The van der Waals surface area contributed by atoms with Gasteiger partial charge in [-0.15, -0.1) is 0 Å². The van der Waals surface area contributed by atoms with Crippen molar-refractivity contribution in [3.63, 3.8) is 0 Å². The number of carbonyl (C=O) groups is 1. The van der Waals surface area contributed by atoms with E-state index >= 15 is 0 Å². The van der Waals surface area contributed by atoms with E-state index in [2.05, 4.69) is 70.6 Å². The molecule has 26 heavy (non-hydrogen) atoms. The Balaban J connectivity index is 1.41. The average Bonchev–Trinajstić information content (AvgIpc) is 2.70. The fourth-order valence-corrected chi connectivity index (χ4v) is 3.52. The second-order valence-corrected chi connectivity index (χ2v) is 6.92. The molecule has 1 aliphatic rings. The number of benzene rings is 2. The second-order valence-electron chi connectivity index (χ2n) is 6.92. The Morgan fingerprint density at radius 1 is 0.962 bits per heavy atom. The minimum absolute atomic E-state index is 0.132. The third-order valence-electron chi connectivity index (χ3n) is 5.17. The first-order valence-electron chi connectivity index (χ1n) is 9.60. The van der Waals surface area contributed by atoms with Gasteiger partial charge >= 0.3 is 0 Å². The van der Waals surface area contributed by atoms with Gasteiger partial charge in [-0.2, -0.15) is 0 Å². The molecule has 4 heteroatoms. The number of nitrogens with zero attached hydrogens (tertiary/aromatic N) is 2. The van der Waals surface area contributed by atoms with Crippen molar-refractivity contribution in [3.8, 4) is 0 Å². The van der Waals surface area contributed by atoms with E-state index in [1.54, 1.807) is 0 Å². The summed E-state index contributed by atoms with van der Waals surface area (Å²) in [5, 5.41) is 3.13. The maximum Gasteiger partial charge on any atom is 0.234 e. The average molecular weight is 351 g/mol. The molecule has 2 aromatic carbocycles. The predicted octanol–water partition coefficient (Wildman–Crippen LogP) is 3.12. The van der Waals surface area contributed by atoms with Crippen LogP contribution in [0.3, 0.4) is 0 Å². The lowest BCUT2D eigenvalue weighted by atomic mass is 9.96. The van der Waals surface area contributed by atoms with Crippen molar-refractivity contribution in [2.75, 3.05) is 44.2 Å². The maximum atomic E-state index is 12.3. The molecule has 1 heterocycles. The van der Waals surface area contributed by atoms with Gasteiger partial charge in [0.05, 0.1) is 6.54 Å². The first-order valence-corrected chi connectivity index (χ1v) is 9.60. The summed E-state index contributed by atoms with van der Waals surface area (Å²) < 4.78 is 0. The van der Waals surface area contributed by atoms with Gasteiger partial charge in [0.2, 0.25) is 5.91 Å². The molecular formula is C22H29N3O. The minimum Gasteiger partial charge on any atom is -0.369 e. The Morgan fingerprint density at radius 2 is 1.58 bits per heavy atom. The number of carbonyl (C=O) groups excluding carboxylic acids is 1. The summed E-state index contributed by atoms with van der Waals surface area (Å²) >= 11 is 0. The molecule has 1 saturated heterocycles. The highest BCUT2D eigenvalue weighted by atomic mass is 16.2. The van der Waals surface area contributed by atoms with E-state index in [1.807, 2.05) is 12.1 Å². The van der Waals surface area contributed by atoms with Crippen LogP contribution in [0.25, 0.3) is 0 Å². The lowest BCUT2D eigenvalue weighted by Gasteiger charge is -2.35. The van der Waals surface area contributed by atoms with Crippen molar-refractivity contribution in [1.29, 1.82) is 0 Å². The van der Waals surface area contributed by atoms with Gasteiger partial charge in [-0.05, 0) is 24.1 Å². The first kappa shape index (κ1) is 18.5. The highest BCUT2D eigenvalue weighted by molar-refractivity contribution is 5.78. The molecule has 0 radical (unpaired) electrons. The number of piperazine rings is 1. The van der Waals surface area contributed by atoms with Crippen LogP contribution < -0.4 is 10.2 Å². The first-order chi connectivity index (χ1) is 12.8. The Kier molecular flexibility index (Phi) is 6.67. The molecule has 1 aliphatic heterocycles. The highest BCUT2D eigenvalue weighted by Crippen LogP contribution is 2.18. The molecule has 0 spiro atoms. The van der Waals surface area contributed by atoms with Crippen LogP contribution in [0, 0.1) is 0 Å². The largest absolute Gasteiger partial charge is 0.369 e. The molecule has 1 amide bonds. The zero-order valence-corrected chi connectivity index (χ0v) is 15.6. The van der Waals surface area contributed by atoms with Crippen LogP contribution in [0.15, 0.2) is 60.7 Å². The topological polar surface area (TPSA) is 35.6 Å². The van der Waals surface area contributed by atoms with Crippen molar-refractivity contribution < 1.29 is 4.79 Å². The van der Waals surface area contributed by atoms with E-state index in [0.29, 0.717) is 19.0 Å². The van der Waals surface area contributed by atoms with Gasteiger partial charge in [0.25, 0.3) is 0 Å². The molecule has 2 aromatic rings. The third kappa shape index (κ3) is 5.09. The monoisotopic (exact) mass is 351 g/mol. The van der Waals surface area contributed by atoms with E-state index in [-0.39, 0.29) is 5.91 Å². The summed E-state index contributed by atoms with van der Waals surface area (Å²) in [4.78, 5) is 17.0. The molecule has 0 aromatic heterocycles. The fraction of sp³-hybridized carbons (Fsp3) is 0.409. The molecular weight excluding hydrogens is 322 g/mol. The van der Waals surface area contributed by atoms with Gasteiger partial charge in [0.1, 0.15) is 0 Å². The Morgan fingerprint density at radius 3 is 2.19 bits per heavy atom. The van der Waals surface area contributed by atoms with Gasteiger partial charge < -0.3 is 10.2 Å². The molecule has 1 fully saturated rings. The number of hydrogen-bond acceptors (Lipinski definition) is 3. The Bertz CT molecular complexity index is 666. The normalized spacial score (nSPS) is 16.3. The van der Waals surface area contributed by atoms with Gasteiger partial charge in [-0.3, -0.25) is 9.69 Å². The summed E-state index contributed by atoms with van der Waals surface area (Å²) in [7, 11) is 0. The van der Waals surface area contributed by atoms with Crippen LogP contribution in [0.2, 0.25) is 0 Å². The fourth-order valence-electron chi connectivity index (χ4n) is 3.52. The summed E-state index contributed by atoms with van der Waals surface area (Å²) in [6.07, 6.45) is 1.03. The zero-order valence-electron chi connectivity index (χ0n) is 15.6. The standard InChI is InChI=1S/C22H29N3O/c1-2-19(20-9-5-3-6-10-20)17-23-22(26)18-24-13-15-25(16-14-24)21-11-7-4-8-12-21/h3-12,19H,2,13-18H2,1H3,(H,23,26)/t19-/m0/s1. The molecule has 0 saturated carbocycles.